The molecule has 0 spiro atoms. The van der Waals surface area contributed by atoms with E-state index in [1.54, 1.807) is 43.9 Å². The summed E-state index contributed by atoms with van der Waals surface area (Å²) in [5, 5.41) is 8.99. The normalized spacial score (nSPS) is 15.5. The summed E-state index contributed by atoms with van der Waals surface area (Å²) in [6, 6.07) is 11.9. The van der Waals surface area contributed by atoms with Gasteiger partial charge in [-0.2, -0.15) is 0 Å². The van der Waals surface area contributed by atoms with Crippen LogP contribution in [0.25, 0.3) is 0 Å². The lowest BCUT2D eigenvalue weighted by atomic mass is 9.93. The van der Waals surface area contributed by atoms with Gasteiger partial charge in [0.2, 0.25) is 0 Å². The number of benzene rings is 2. The van der Waals surface area contributed by atoms with Crippen LogP contribution in [0.1, 0.15) is 103 Å². The van der Waals surface area contributed by atoms with Crippen LogP contribution in [0.4, 0.5) is 21.0 Å². The van der Waals surface area contributed by atoms with Gasteiger partial charge in [0.05, 0.1) is 17.7 Å². The number of esters is 1. The fraction of sp³-hybridized carbons (Fsp3) is 0.469. The van der Waals surface area contributed by atoms with Crippen molar-refractivity contribution in [1.82, 2.24) is 10.2 Å². The molecule has 4 amide bonds. The topological polar surface area (TPSA) is 99.8 Å². The molecule has 1 unspecified atom stereocenters. The largest absolute Gasteiger partial charge is 0.459 e. The molecule has 0 aliphatic carbocycles. The molecule has 2 aromatic carbocycles. The van der Waals surface area contributed by atoms with Gasteiger partial charge in [0.15, 0.2) is 0 Å². The third kappa shape index (κ3) is 7.23. The van der Waals surface area contributed by atoms with Gasteiger partial charge in [-0.1, -0.05) is 71.4 Å². The van der Waals surface area contributed by atoms with Crippen molar-refractivity contribution in [2.45, 2.75) is 92.2 Å². The van der Waals surface area contributed by atoms with Crippen LogP contribution < -0.4 is 16.0 Å². The fourth-order valence-corrected chi connectivity index (χ4v) is 4.93. The summed E-state index contributed by atoms with van der Waals surface area (Å²) in [5.41, 5.74) is 5.14. The SMILES string of the molecule is CCCCN1C(=O)NC(c2cccc(NC(=O)Nc3c(C(C)C)cccc3C(C)C)c2)C(C(=O)OC(C)C)=C1C. The molecule has 40 heavy (non-hydrogen) atoms. The van der Waals surface area contributed by atoms with E-state index >= 15 is 0 Å². The second-order valence-corrected chi connectivity index (χ2v) is 11.2. The Hall–Kier alpha value is -3.81. The summed E-state index contributed by atoms with van der Waals surface area (Å²) < 4.78 is 5.57. The van der Waals surface area contributed by atoms with Gasteiger partial charge in [-0.05, 0) is 67.9 Å². The maximum Gasteiger partial charge on any atom is 0.338 e. The first-order valence-corrected chi connectivity index (χ1v) is 14.2. The van der Waals surface area contributed by atoms with E-state index in [-0.39, 0.29) is 30.0 Å². The second kappa shape index (κ2) is 13.5. The first-order chi connectivity index (χ1) is 18.9. The van der Waals surface area contributed by atoms with Crippen LogP contribution in [0, 0.1) is 0 Å². The average molecular weight is 549 g/mol. The van der Waals surface area contributed by atoms with Crippen molar-refractivity contribution in [3.8, 4) is 0 Å². The van der Waals surface area contributed by atoms with Gasteiger partial charge < -0.3 is 20.7 Å². The highest BCUT2D eigenvalue weighted by Crippen LogP contribution is 2.34. The number of carbonyl (C=O) groups is 3. The van der Waals surface area contributed by atoms with Crippen molar-refractivity contribution in [3.63, 3.8) is 0 Å². The highest BCUT2D eigenvalue weighted by molar-refractivity contribution is 6.01. The van der Waals surface area contributed by atoms with Crippen molar-refractivity contribution in [2.24, 2.45) is 0 Å². The van der Waals surface area contributed by atoms with Gasteiger partial charge in [-0.3, -0.25) is 4.90 Å². The minimum absolute atomic E-state index is 0.239. The van der Waals surface area contributed by atoms with E-state index in [1.807, 2.05) is 24.3 Å². The number of nitrogens with one attached hydrogen (secondary N) is 3. The molecule has 8 heteroatoms. The van der Waals surface area contributed by atoms with Crippen LogP contribution in [0.3, 0.4) is 0 Å². The summed E-state index contributed by atoms with van der Waals surface area (Å²) in [7, 11) is 0. The van der Waals surface area contributed by atoms with Crippen LogP contribution in [-0.4, -0.2) is 35.6 Å². The number of anilines is 2. The Bertz CT molecular complexity index is 1240. The average Bonchev–Trinajstić information content (AvgIpc) is 2.87. The first kappa shape index (κ1) is 30.7. The van der Waals surface area contributed by atoms with Gasteiger partial charge >= 0.3 is 18.0 Å². The van der Waals surface area contributed by atoms with Gasteiger partial charge in [0, 0.05) is 23.6 Å². The summed E-state index contributed by atoms with van der Waals surface area (Å²) in [4.78, 5) is 41.1. The second-order valence-electron chi connectivity index (χ2n) is 11.2. The molecule has 0 saturated carbocycles. The van der Waals surface area contributed by atoms with E-state index in [1.165, 1.54) is 0 Å². The number of ether oxygens (including phenoxy) is 1. The van der Waals surface area contributed by atoms with Crippen molar-refractivity contribution in [1.29, 1.82) is 0 Å². The van der Waals surface area contributed by atoms with Crippen LogP contribution in [0.15, 0.2) is 53.7 Å². The molecule has 1 atom stereocenters. The molecule has 1 aliphatic rings. The number of hydrogen-bond donors (Lipinski definition) is 3. The number of urea groups is 2. The van der Waals surface area contributed by atoms with Crippen LogP contribution in [0.5, 0.6) is 0 Å². The molecule has 3 rings (SSSR count). The molecule has 8 nitrogen and oxygen atoms in total. The molecule has 1 heterocycles. The standard InChI is InChI=1S/C32H44N4O4/c1-9-10-17-36-22(8)27(30(37)40-21(6)7)28(35-32(36)39)23-13-11-14-24(18-23)33-31(38)34-29-25(19(2)3)15-12-16-26(29)20(4)5/h11-16,18-21,28H,9-10,17H2,1-8H3,(H,35,39)(H2,33,34,38). The summed E-state index contributed by atoms with van der Waals surface area (Å²) in [6.07, 6.45) is 1.42. The monoisotopic (exact) mass is 548 g/mol. The Morgan fingerprint density at radius 1 is 0.975 bits per heavy atom. The number of nitrogens with zero attached hydrogens (tertiary/aromatic N) is 1. The van der Waals surface area contributed by atoms with Crippen LogP contribution in [-0.2, 0) is 9.53 Å². The van der Waals surface area contributed by atoms with Gasteiger partial charge in [-0.25, -0.2) is 14.4 Å². The number of allylic oxidation sites excluding steroid dienone is 1. The van der Waals surface area contributed by atoms with Gasteiger partial charge in [0.25, 0.3) is 0 Å². The third-order valence-corrected chi connectivity index (χ3v) is 6.98. The first-order valence-electron chi connectivity index (χ1n) is 14.2. The molecule has 216 valence electrons. The minimum Gasteiger partial charge on any atom is -0.459 e. The third-order valence-electron chi connectivity index (χ3n) is 6.98. The summed E-state index contributed by atoms with van der Waals surface area (Å²) >= 11 is 0. The summed E-state index contributed by atoms with van der Waals surface area (Å²) in [5.74, 6) is 0.00737. The zero-order chi connectivity index (χ0) is 29.6. The highest BCUT2D eigenvalue weighted by atomic mass is 16.5. The highest BCUT2D eigenvalue weighted by Gasteiger charge is 2.36. The molecule has 1 aliphatic heterocycles. The molecule has 0 radical (unpaired) electrons. The smallest absolute Gasteiger partial charge is 0.338 e. The summed E-state index contributed by atoms with van der Waals surface area (Å²) in [6.45, 7) is 16.3. The molecule has 0 aromatic heterocycles. The zero-order valence-electron chi connectivity index (χ0n) is 25.1. The van der Waals surface area contributed by atoms with Crippen LogP contribution in [0.2, 0.25) is 0 Å². The predicted octanol–water partition coefficient (Wildman–Crippen LogP) is 7.67. The molecule has 0 saturated heterocycles. The van der Waals surface area contributed by atoms with Crippen LogP contribution >= 0.6 is 0 Å². The van der Waals surface area contributed by atoms with E-state index < -0.39 is 12.0 Å². The van der Waals surface area contributed by atoms with Crippen molar-refractivity contribution in [3.05, 3.63) is 70.4 Å². The Morgan fingerprint density at radius 3 is 2.17 bits per heavy atom. The molecular formula is C32H44N4O4. The van der Waals surface area contributed by atoms with E-state index in [4.69, 9.17) is 4.74 Å². The van der Waals surface area contributed by atoms with Crippen molar-refractivity contribution in [2.75, 3.05) is 17.2 Å². The molecule has 0 fully saturated rings. The molecule has 0 bridgehead atoms. The molecule has 2 aromatic rings. The maximum absolute atomic E-state index is 13.2. The number of hydrogen-bond acceptors (Lipinski definition) is 4. The van der Waals surface area contributed by atoms with Crippen molar-refractivity contribution < 1.29 is 19.1 Å². The van der Waals surface area contributed by atoms with Gasteiger partial charge in [-0.15, -0.1) is 0 Å². The molecule has 3 N–H and O–H groups in total. The maximum atomic E-state index is 13.2. The number of rotatable bonds is 10. The van der Waals surface area contributed by atoms with E-state index in [2.05, 4.69) is 50.6 Å². The quantitative estimate of drug-likeness (QED) is 0.265. The lowest BCUT2D eigenvalue weighted by Gasteiger charge is -2.35. The predicted molar refractivity (Wildman–Crippen MR) is 161 cm³/mol. The lowest BCUT2D eigenvalue weighted by Crippen LogP contribution is -2.48. The van der Waals surface area contributed by atoms with E-state index in [9.17, 15) is 14.4 Å². The fourth-order valence-electron chi connectivity index (χ4n) is 4.93. The Morgan fingerprint density at radius 2 is 1.60 bits per heavy atom. The van der Waals surface area contributed by atoms with E-state index in [0.717, 1.165) is 29.7 Å². The Labute approximate surface area is 238 Å². The zero-order valence-corrected chi connectivity index (χ0v) is 25.1. The number of unbranched alkanes of at least 4 members (excludes halogenated alkanes) is 1. The molecular weight excluding hydrogens is 504 g/mol. The number of para-hydroxylation sites is 1. The van der Waals surface area contributed by atoms with E-state index in [0.29, 0.717) is 29.1 Å². The van der Waals surface area contributed by atoms with Gasteiger partial charge in [0.1, 0.15) is 0 Å². The Kier molecular flexibility index (Phi) is 10.4. The minimum atomic E-state index is -0.712. The number of carbonyl (C=O) groups excluding carboxylic acids is 3. The lowest BCUT2D eigenvalue weighted by molar-refractivity contribution is -0.143. The number of amides is 4. The Balaban J connectivity index is 1.92. The van der Waals surface area contributed by atoms with Crippen molar-refractivity contribution >= 4 is 29.4 Å².